The smallest absolute Gasteiger partial charge is 0.203 e. The molecular weight excluding hydrogens is 250 g/mol. The summed E-state index contributed by atoms with van der Waals surface area (Å²) in [6.07, 6.45) is 0. The lowest BCUT2D eigenvalue weighted by molar-refractivity contribution is 0.323. The molecular formula is C11H15N5O3. The van der Waals surface area contributed by atoms with Crippen LogP contribution in [-0.4, -0.2) is 42.0 Å². The van der Waals surface area contributed by atoms with Crippen LogP contribution in [0.15, 0.2) is 12.1 Å². The van der Waals surface area contributed by atoms with Crippen molar-refractivity contribution in [2.75, 3.05) is 21.3 Å². The van der Waals surface area contributed by atoms with Crippen LogP contribution in [0.5, 0.6) is 17.2 Å². The maximum atomic E-state index is 6.06. The van der Waals surface area contributed by atoms with E-state index in [2.05, 4.69) is 20.6 Å². The fourth-order valence-electron chi connectivity index (χ4n) is 1.73. The highest BCUT2D eigenvalue weighted by molar-refractivity contribution is 5.54. The second-order valence-corrected chi connectivity index (χ2v) is 3.71. The highest BCUT2D eigenvalue weighted by Gasteiger charge is 2.19. The molecule has 0 spiro atoms. The Morgan fingerprint density at radius 2 is 1.74 bits per heavy atom. The van der Waals surface area contributed by atoms with Crippen LogP contribution in [0, 0.1) is 0 Å². The van der Waals surface area contributed by atoms with Crippen LogP contribution in [0.1, 0.15) is 17.4 Å². The zero-order valence-corrected chi connectivity index (χ0v) is 10.9. The first-order valence-corrected chi connectivity index (χ1v) is 5.50. The summed E-state index contributed by atoms with van der Waals surface area (Å²) in [5.74, 6) is 1.94. The van der Waals surface area contributed by atoms with E-state index in [1.165, 1.54) is 0 Å². The Kier molecular flexibility index (Phi) is 3.81. The van der Waals surface area contributed by atoms with Crippen molar-refractivity contribution >= 4 is 0 Å². The van der Waals surface area contributed by atoms with Gasteiger partial charge in [0.25, 0.3) is 0 Å². The van der Waals surface area contributed by atoms with Crippen molar-refractivity contribution in [3.8, 4) is 17.2 Å². The molecule has 102 valence electrons. The summed E-state index contributed by atoms with van der Waals surface area (Å²) in [6.45, 7) is 0. The summed E-state index contributed by atoms with van der Waals surface area (Å²) in [7, 11) is 4.63. The van der Waals surface area contributed by atoms with Gasteiger partial charge in [-0.05, 0) is 17.7 Å². The molecule has 0 bridgehead atoms. The van der Waals surface area contributed by atoms with Crippen LogP contribution < -0.4 is 19.9 Å². The van der Waals surface area contributed by atoms with Gasteiger partial charge in [-0.25, -0.2) is 0 Å². The molecule has 0 saturated carbocycles. The maximum Gasteiger partial charge on any atom is 0.203 e. The number of H-pyrrole nitrogens is 1. The van der Waals surface area contributed by atoms with E-state index in [1.807, 2.05) is 0 Å². The Labute approximate surface area is 109 Å². The molecule has 2 rings (SSSR count). The molecule has 2 aromatic rings. The third kappa shape index (κ3) is 2.43. The number of rotatable bonds is 5. The van der Waals surface area contributed by atoms with Crippen molar-refractivity contribution in [3.05, 3.63) is 23.5 Å². The number of ether oxygens (including phenoxy) is 3. The largest absolute Gasteiger partial charge is 0.493 e. The predicted octanol–water partition coefficient (Wildman–Crippen LogP) is 0.274. The van der Waals surface area contributed by atoms with Gasteiger partial charge in [0, 0.05) is 0 Å². The van der Waals surface area contributed by atoms with Gasteiger partial charge in [-0.3, -0.25) is 0 Å². The molecule has 8 heteroatoms. The standard InChI is InChI=1S/C11H15N5O3/c1-17-7-4-6(5-8(18-2)10(7)19-3)9(12)11-13-15-16-14-11/h4-5,9H,12H2,1-3H3,(H,13,14,15,16). The average molecular weight is 265 g/mol. The van der Waals surface area contributed by atoms with Crippen LogP contribution in [0.3, 0.4) is 0 Å². The quantitative estimate of drug-likeness (QED) is 0.798. The molecule has 0 aliphatic rings. The Hall–Kier alpha value is -2.35. The predicted molar refractivity (Wildman–Crippen MR) is 66.3 cm³/mol. The van der Waals surface area contributed by atoms with Crippen LogP contribution in [0.2, 0.25) is 0 Å². The van der Waals surface area contributed by atoms with E-state index in [0.717, 1.165) is 5.56 Å². The van der Waals surface area contributed by atoms with Gasteiger partial charge in [0.15, 0.2) is 17.3 Å². The van der Waals surface area contributed by atoms with Crippen LogP contribution >= 0.6 is 0 Å². The number of benzene rings is 1. The molecule has 0 radical (unpaired) electrons. The molecule has 3 N–H and O–H groups in total. The average Bonchev–Trinajstić information content (AvgIpc) is 2.98. The van der Waals surface area contributed by atoms with Gasteiger partial charge in [-0.15, -0.1) is 10.2 Å². The van der Waals surface area contributed by atoms with Crippen molar-refractivity contribution in [2.45, 2.75) is 6.04 Å². The fourth-order valence-corrected chi connectivity index (χ4v) is 1.73. The topological polar surface area (TPSA) is 108 Å². The molecule has 1 atom stereocenters. The van der Waals surface area contributed by atoms with Crippen molar-refractivity contribution in [1.29, 1.82) is 0 Å². The Morgan fingerprint density at radius 1 is 1.11 bits per heavy atom. The highest BCUT2D eigenvalue weighted by Crippen LogP contribution is 2.39. The van der Waals surface area contributed by atoms with Gasteiger partial charge >= 0.3 is 0 Å². The third-order valence-corrected chi connectivity index (χ3v) is 2.69. The van der Waals surface area contributed by atoms with E-state index in [-0.39, 0.29) is 0 Å². The summed E-state index contributed by atoms with van der Waals surface area (Å²) >= 11 is 0. The lowest BCUT2D eigenvalue weighted by atomic mass is 10.1. The van der Waals surface area contributed by atoms with Gasteiger partial charge in [0.1, 0.15) is 0 Å². The monoisotopic (exact) mass is 265 g/mol. The maximum absolute atomic E-state index is 6.06. The second-order valence-electron chi connectivity index (χ2n) is 3.71. The summed E-state index contributed by atoms with van der Waals surface area (Å²) < 4.78 is 15.8. The lowest BCUT2D eigenvalue weighted by Crippen LogP contribution is -2.14. The number of aromatic nitrogens is 4. The first kappa shape index (κ1) is 13.1. The van der Waals surface area contributed by atoms with E-state index in [0.29, 0.717) is 23.1 Å². The molecule has 0 fully saturated rings. The first-order chi connectivity index (χ1) is 9.21. The molecule has 19 heavy (non-hydrogen) atoms. The molecule has 1 heterocycles. The SMILES string of the molecule is COc1cc(C(N)c2nn[nH]n2)cc(OC)c1OC. The number of nitrogens with zero attached hydrogens (tertiary/aromatic N) is 3. The summed E-state index contributed by atoms with van der Waals surface area (Å²) in [5.41, 5.74) is 6.79. The number of nitrogens with one attached hydrogen (secondary N) is 1. The fraction of sp³-hybridized carbons (Fsp3) is 0.364. The lowest BCUT2D eigenvalue weighted by Gasteiger charge is -2.16. The van der Waals surface area contributed by atoms with Crippen LogP contribution in [0.25, 0.3) is 0 Å². The minimum Gasteiger partial charge on any atom is -0.493 e. The molecule has 1 unspecified atom stereocenters. The highest BCUT2D eigenvalue weighted by atomic mass is 16.5. The molecule has 0 aliphatic carbocycles. The zero-order chi connectivity index (χ0) is 13.8. The zero-order valence-electron chi connectivity index (χ0n) is 10.9. The molecule has 1 aromatic heterocycles. The van der Waals surface area contributed by atoms with Gasteiger partial charge < -0.3 is 19.9 Å². The Bertz CT molecular complexity index is 518. The Morgan fingerprint density at radius 3 is 2.16 bits per heavy atom. The van der Waals surface area contributed by atoms with E-state index in [4.69, 9.17) is 19.9 Å². The second kappa shape index (κ2) is 5.53. The first-order valence-electron chi connectivity index (χ1n) is 5.50. The van der Waals surface area contributed by atoms with Gasteiger partial charge in [0.2, 0.25) is 5.75 Å². The number of aromatic amines is 1. The molecule has 0 amide bonds. The van der Waals surface area contributed by atoms with E-state index < -0.39 is 6.04 Å². The third-order valence-electron chi connectivity index (χ3n) is 2.69. The minimum atomic E-state index is -0.535. The molecule has 1 aromatic carbocycles. The summed E-state index contributed by atoms with van der Waals surface area (Å²) in [4.78, 5) is 0. The van der Waals surface area contributed by atoms with Crippen LogP contribution in [-0.2, 0) is 0 Å². The van der Waals surface area contributed by atoms with E-state index >= 15 is 0 Å². The van der Waals surface area contributed by atoms with E-state index in [9.17, 15) is 0 Å². The van der Waals surface area contributed by atoms with E-state index in [1.54, 1.807) is 33.5 Å². The van der Waals surface area contributed by atoms with Gasteiger partial charge in [-0.2, -0.15) is 5.21 Å². The van der Waals surface area contributed by atoms with Gasteiger partial charge in [-0.1, -0.05) is 5.21 Å². The number of methoxy groups -OCH3 is 3. The normalized spacial score (nSPS) is 12.0. The minimum absolute atomic E-state index is 0.384. The number of nitrogens with two attached hydrogens (primary N) is 1. The molecule has 0 aliphatic heterocycles. The Balaban J connectivity index is 2.47. The van der Waals surface area contributed by atoms with Gasteiger partial charge in [0.05, 0.1) is 27.4 Å². The summed E-state index contributed by atoms with van der Waals surface area (Å²) in [5, 5.41) is 13.6. The number of hydrogen-bond acceptors (Lipinski definition) is 7. The van der Waals surface area contributed by atoms with Crippen molar-refractivity contribution in [1.82, 2.24) is 20.6 Å². The van der Waals surface area contributed by atoms with Crippen molar-refractivity contribution in [2.24, 2.45) is 5.73 Å². The van der Waals surface area contributed by atoms with Crippen molar-refractivity contribution in [3.63, 3.8) is 0 Å². The molecule has 8 nitrogen and oxygen atoms in total. The molecule has 0 saturated heterocycles. The van der Waals surface area contributed by atoms with Crippen molar-refractivity contribution < 1.29 is 14.2 Å². The number of tetrazole rings is 1. The van der Waals surface area contributed by atoms with Crippen LogP contribution in [0.4, 0.5) is 0 Å². The summed E-state index contributed by atoms with van der Waals surface area (Å²) in [6, 6.07) is 2.97. The number of hydrogen-bond donors (Lipinski definition) is 2.